The Balaban J connectivity index is 2.88. The van der Waals surface area contributed by atoms with Crippen molar-refractivity contribution in [3.8, 4) is 5.75 Å². The number of hydrogen-bond donors (Lipinski definition) is 1. The molecule has 15 heavy (non-hydrogen) atoms. The highest BCUT2D eigenvalue weighted by atomic mass is 19.1. The summed E-state index contributed by atoms with van der Waals surface area (Å²) in [4.78, 5) is 10.6. The SMILES string of the molecule is CC(C)(O)COc1c(F)cccc1C=O. The number of hydrogen-bond acceptors (Lipinski definition) is 3. The third-order valence-corrected chi connectivity index (χ3v) is 1.69. The summed E-state index contributed by atoms with van der Waals surface area (Å²) < 4.78 is 18.3. The minimum Gasteiger partial charge on any atom is -0.487 e. The molecule has 82 valence electrons. The fourth-order valence-electron chi connectivity index (χ4n) is 1.02. The normalized spacial score (nSPS) is 11.2. The van der Waals surface area contributed by atoms with Gasteiger partial charge >= 0.3 is 0 Å². The number of halogens is 1. The van der Waals surface area contributed by atoms with E-state index in [0.29, 0.717) is 6.29 Å². The van der Waals surface area contributed by atoms with Gasteiger partial charge < -0.3 is 9.84 Å². The number of para-hydroxylation sites is 1. The van der Waals surface area contributed by atoms with Gasteiger partial charge in [0.1, 0.15) is 6.61 Å². The minimum atomic E-state index is -1.07. The molecule has 0 heterocycles. The van der Waals surface area contributed by atoms with Crippen LogP contribution in [0.3, 0.4) is 0 Å². The molecule has 0 saturated heterocycles. The fourth-order valence-corrected chi connectivity index (χ4v) is 1.02. The summed E-state index contributed by atoms with van der Waals surface area (Å²) in [6.07, 6.45) is 0.517. The van der Waals surface area contributed by atoms with Crippen LogP contribution in [0.2, 0.25) is 0 Å². The summed E-state index contributed by atoms with van der Waals surface area (Å²) in [7, 11) is 0. The lowest BCUT2D eigenvalue weighted by Gasteiger charge is -2.18. The van der Waals surface area contributed by atoms with Crippen LogP contribution in [0.5, 0.6) is 5.75 Å². The summed E-state index contributed by atoms with van der Waals surface area (Å²) in [5.74, 6) is -0.724. The van der Waals surface area contributed by atoms with E-state index in [-0.39, 0.29) is 17.9 Å². The first-order valence-corrected chi connectivity index (χ1v) is 4.53. The van der Waals surface area contributed by atoms with Gasteiger partial charge in [-0.15, -0.1) is 0 Å². The zero-order valence-electron chi connectivity index (χ0n) is 8.66. The highest BCUT2D eigenvalue weighted by Gasteiger charge is 2.16. The van der Waals surface area contributed by atoms with Gasteiger partial charge in [0.25, 0.3) is 0 Å². The number of carbonyl (C=O) groups excluding carboxylic acids is 1. The molecule has 0 bridgehead atoms. The van der Waals surface area contributed by atoms with Crippen molar-refractivity contribution in [2.75, 3.05) is 6.61 Å². The Morgan fingerprint density at radius 3 is 2.73 bits per heavy atom. The first-order chi connectivity index (χ1) is 6.94. The predicted octanol–water partition coefficient (Wildman–Crippen LogP) is 1.79. The molecule has 1 rings (SSSR count). The largest absolute Gasteiger partial charge is 0.487 e. The molecule has 0 aliphatic heterocycles. The van der Waals surface area contributed by atoms with Crippen molar-refractivity contribution in [3.05, 3.63) is 29.6 Å². The van der Waals surface area contributed by atoms with Gasteiger partial charge in [-0.2, -0.15) is 0 Å². The lowest BCUT2D eigenvalue weighted by Crippen LogP contribution is -2.28. The molecule has 0 aromatic heterocycles. The van der Waals surface area contributed by atoms with Crippen molar-refractivity contribution in [2.45, 2.75) is 19.4 Å². The Hall–Kier alpha value is -1.42. The topological polar surface area (TPSA) is 46.5 Å². The third-order valence-electron chi connectivity index (χ3n) is 1.69. The van der Waals surface area contributed by atoms with Crippen molar-refractivity contribution >= 4 is 6.29 Å². The molecule has 0 radical (unpaired) electrons. The van der Waals surface area contributed by atoms with Gasteiger partial charge in [-0.3, -0.25) is 4.79 Å². The van der Waals surface area contributed by atoms with Gasteiger partial charge in [-0.05, 0) is 26.0 Å². The molecular formula is C11H13FO3. The van der Waals surface area contributed by atoms with Crippen molar-refractivity contribution in [1.82, 2.24) is 0 Å². The van der Waals surface area contributed by atoms with Crippen LogP contribution in [-0.2, 0) is 0 Å². The second kappa shape index (κ2) is 4.40. The van der Waals surface area contributed by atoms with E-state index in [1.807, 2.05) is 0 Å². The molecule has 1 aromatic rings. The van der Waals surface area contributed by atoms with Crippen molar-refractivity contribution in [1.29, 1.82) is 0 Å². The van der Waals surface area contributed by atoms with Gasteiger partial charge in [-0.25, -0.2) is 4.39 Å². The molecule has 0 saturated carbocycles. The van der Waals surface area contributed by atoms with Crippen LogP contribution < -0.4 is 4.74 Å². The summed E-state index contributed by atoms with van der Waals surface area (Å²) in [5, 5.41) is 9.40. The first kappa shape index (κ1) is 11.7. The van der Waals surface area contributed by atoms with Gasteiger partial charge in [0.2, 0.25) is 0 Å². The van der Waals surface area contributed by atoms with Crippen LogP contribution >= 0.6 is 0 Å². The number of ether oxygens (including phenoxy) is 1. The highest BCUT2D eigenvalue weighted by molar-refractivity contribution is 5.79. The molecule has 1 N–H and O–H groups in total. The molecule has 0 amide bonds. The number of aliphatic hydroxyl groups is 1. The van der Waals surface area contributed by atoms with Gasteiger partial charge in [0, 0.05) is 0 Å². The summed E-state index contributed by atoms with van der Waals surface area (Å²) in [6, 6.07) is 4.08. The maximum Gasteiger partial charge on any atom is 0.165 e. The zero-order chi connectivity index (χ0) is 11.5. The third kappa shape index (κ3) is 3.32. The van der Waals surface area contributed by atoms with E-state index in [1.54, 1.807) is 0 Å². The zero-order valence-corrected chi connectivity index (χ0v) is 8.66. The molecule has 0 aliphatic carbocycles. The molecule has 0 spiro atoms. The highest BCUT2D eigenvalue weighted by Crippen LogP contribution is 2.22. The average Bonchev–Trinajstić information content (AvgIpc) is 2.14. The van der Waals surface area contributed by atoms with Gasteiger partial charge in [0.15, 0.2) is 17.9 Å². The number of carbonyl (C=O) groups is 1. The maximum atomic E-state index is 13.2. The van der Waals surface area contributed by atoms with E-state index < -0.39 is 11.4 Å². The molecule has 0 atom stereocenters. The molecule has 0 unspecified atom stereocenters. The number of aldehydes is 1. The molecule has 0 fully saturated rings. The maximum absolute atomic E-state index is 13.2. The minimum absolute atomic E-state index is 0.0746. The number of benzene rings is 1. The summed E-state index contributed by atoms with van der Waals surface area (Å²) in [5.41, 5.74) is -0.929. The van der Waals surface area contributed by atoms with Crippen LogP contribution in [0.4, 0.5) is 4.39 Å². The lowest BCUT2D eigenvalue weighted by molar-refractivity contribution is 0.0269. The van der Waals surface area contributed by atoms with E-state index in [4.69, 9.17) is 4.74 Å². The monoisotopic (exact) mass is 212 g/mol. The average molecular weight is 212 g/mol. The molecular weight excluding hydrogens is 199 g/mol. The smallest absolute Gasteiger partial charge is 0.165 e. The van der Waals surface area contributed by atoms with Gasteiger partial charge in [-0.1, -0.05) is 6.07 Å². The van der Waals surface area contributed by atoms with Crippen LogP contribution in [0.25, 0.3) is 0 Å². The lowest BCUT2D eigenvalue weighted by atomic mass is 10.1. The van der Waals surface area contributed by atoms with E-state index in [0.717, 1.165) is 0 Å². The standard InChI is InChI=1S/C11H13FO3/c1-11(2,14)7-15-10-8(6-13)4-3-5-9(10)12/h3-6,14H,7H2,1-2H3. The Kier molecular flexibility index (Phi) is 3.42. The van der Waals surface area contributed by atoms with Crippen molar-refractivity contribution < 1.29 is 19.0 Å². The molecule has 4 heteroatoms. The number of rotatable bonds is 4. The first-order valence-electron chi connectivity index (χ1n) is 4.53. The second-order valence-corrected chi connectivity index (χ2v) is 3.88. The van der Waals surface area contributed by atoms with Crippen molar-refractivity contribution in [2.24, 2.45) is 0 Å². The Labute approximate surface area is 87.5 Å². The van der Waals surface area contributed by atoms with E-state index in [1.165, 1.54) is 32.0 Å². The summed E-state index contributed by atoms with van der Waals surface area (Å²) >= 11 is 0. The van der Waals surface area contributed by atoms with Crippen LogP contribution in [-0.4, -0.2) is 23.6 Å². The van der Waals surface area contributed by atoms with Crippen LogP contribution in [0.1, 0.15) is 24.2 Å². The van der Waals surface area contributed by atoms with E-state index >= 15 is 0 Å². The quantitative estimate of drug-likeness (QED) is 0.774. The summed E-state index contributed by atoms with van der Waals surface area (Å²) in [6.45, 7) is 3.00. The molecule has 3 nitrogen and oxygen atoms in total. The Bertz CT molecular complexity index is 355. The predicted molar refractivity (Wildman–Crippen MR) is 53.6 cm³/mol. The van der Waals surface area contributed by atoms with E-state index in [2.05, 4.69) is 0 Å². The molecule has 0 aliphatic rings. The Morgan fingerprint density at radius 1 is 1.53 bits per heavy atom. The van der Waals surface area contributed by atoms with Crippen molar-refractivity contribution in [3.63, 3.8) is 0 Å². The fraction of sp³-hybridized carbons (Fsp3) is 0.364. The van der Waals surface area contributed by atoms with Gasteiger partial charge in [0.05, 0.1) is 11.2 Å². The van der Waals surface area contributed by atoms with Crippen LogP contribution in [0, 0.1) is 5.82 Å². The Morgan fingerprint density at radius 2 is 2.20 bits per heavy atom. The second-order valence-electron chi connectivity index (χ2n) is 3.88. The molecule has 1 aromatic carbocycles. The van der Waals surface area contributed by atoms with E-state index in [9.17, 15) is 14.3 Å². The van der Waals surface area contributed by atoms with Crippen LogP contribution in [0.15, 0.2) is 18.2 Å².